The zero-order chi connectivity index (χ0) is 8.65. The molecule has 1 rings (SSSR count). The standard InChI is InChI=1S/C12H17.Mg.2H/c1-2-3-4-6-9-12-10-7-5-8-11-12;;;/h7-8,10-11H,2-4,6,9H2,1H3;;;. The molecule has 0 saturated heterocycles. The SMILES string of the molecule is CCCCCCc1cc[c]cc1.[MgH2]. The van der Waals surface area contributed by atoms with Crippen LogP contribution in [0.25, 0.3) is 0 Å². The molecule has 1 radical (unpaired) electrons. The lowest BCUT2D eigenvalue weighted by Gasteiger charge is -1.99. The van der Waals surface area contributed by atoms with Crippen LogP contribution in [0.1, 0.15) is 38.2 Å². The number of hydrogen-bond donors (Lipinski definition) is 0. The minimum atomic E-state index is 0. The van der Waals surface area contributed by atoms with Gasteiger partial charge in [0.25, 0.3) is 0 Å². The van der Waals surface area contributed by atoms with E-state index in [9.17, 15) is 0 Å². The summed E-state index contributed by atoms with van der Waals surface area (Å²) in [6, 6.07) is 11.3. The molecule has 0 atom stereocenters. The lowest BCUT2D eigenvalue weighted by molar-refractivity contribution is 0.667. The Morgan fingerprint density at radius 2 is 1.77 bits per heavy atom. The molecule has 0 heterocycles. The number of hydrogen-bond acceptors (Lipinski definition) is 0. The first kappa shape index (κ1) is 13.0. The van der Waals surface area contributed by atoms with Crippen molar-refractivity contribution in [3.05, 3.63) is 35.9 Å². The van der Waals surface area contributed by atoms with Gasteiger partial charge in [0.15, 0.2) is 0 Å². The van der Waals surface area contributed by atoms with Gasteiger partial charge in [-0.15, -0.1) is 0 Å². The predicted molar refractivity (Wildman–Crippen MR) is 61.7 cm³/mol. The number of benzene rings is 1. The Kier molecular flexibility index (Phi) is 8.57. The Labute approximate surface area is 97.9 Å². The van der Waals surface area contributed by atoms with Crippen LogP contribution in [0.2, 0.25) is 0 Å². The van der Waals surface area contributed by atoms with Gasteiger partial charge >= 0.3 is 23.1 Å². The first-order chi connectivity index (χ1) is 5.93. The van der Waals surface area contributed by atoms with Crippen molar-refractivity contribution in [3.63, 3.8) is 0 Å². The minimum absolute atomic E-state index is 0. The van der Waals surface area contributed by atoms with Gasteiger partial charge in [0.2, 0.25) is 0 Å². The van der Waals surface area contributed by atoms with E-state index in [1.54, 1.807) is 0 Å². The Morgan fingerprint density at radius 3 is 2.38 bits per heavy atom. The van der Waals surface area contributed by atoms with Crippen LogP contribution in [0, 0.1) is 6.07 Å². The van der Waals surface area contributed by atoms with Gasteiger partial charge in [-0.25, -0.2) is 0 Å². The largest absolute Gasteiger partial charge is 0.316 e. The molecule has 69 valence electrons. The number of rotatable bonds is 5. The number of unbranched alkanes of at least 4 members (excludes halogenated alkanes) is 3. The Balaban J connectivity index is 0.00000144. The molecule has 0 saturated carbocycles. The van der Waals surface area contributed by atoms with Gasteiger partial charge < -0.3 is 0 Å². The molecule has 0 aliphatic carbocycles. The maximum atomic E-state index is 3.03. The molecule has 0 bridgehead atoms. The third-order valence-corrected chi connectivity index (χ3v) is 2.11. The highest BCUT2D eigenvalue weighted by Crippen LogP contribution is 2.06. The second-order valence-electron chi connectivity index (χ2n) is 3.22. The summed E-state index contributed by atoms with van der Waals surface area (Å²) in [6.07, 6.45) is 6.63. The predicted octanol–water partition coefficient (Wildman–Crippen LogP) is 2.69. The summed E-state index contributed by atoms with van der Waals surface area (Å²) >= 11 is 0. The van der Waals surface area contributed by atoms with E-state index < -0.39 is 0 Å². The molecule has 0 fully saturated rings. The molecule has 0 nitrogen and oxygen atoms in total. The molecule has 1 aromatic rings. The molecule has 0 amide bonds. The lowest BCUT2D eigenvalue weighted by Crippen LogP contribution is -1.84. The summed E-state index contributed by atoms with van der Waals surface area (Å²) in [4.78, 5) is 0. The summed E-state index contributed by atoms with van der Waals surface area (Å²) in [7, 11) is 0. The first-order valence-electron chi connectivity index (χ1n) is 4.88. The van der Waals surface area contributed by atoms with Crippen molar-refractivity contribution in [2.45, 2.75) is 39.0 Å². The van der Waals surface area contributed by atoms with Crippen LogP contribution in [-0.2, 0) is 6.42 Å². The summed E-state index contributed by atoms with van der Waals surface area (Å²) in [5, 5.41) is 0. The third-order valence-electron chi connectivity index (χ3n) is 2.11. The molecule has 0 N–H and O–H groups in total. The van der Waals surface area contributed by atoms with Crippen LogP contribution in [0.4, 0.5) is 0 Å². The van der Waals surface area contributed by atoms with Crippen LogP contribution in [0.5, 0.6) is 0 Å². The second-order valence-corrected chi connectivity index (χ2v) is 3.22. The van der Waals surface area contributed by atoms with E-state index in [1.165, 1.54) is 37.7 Å². The van der Waals surface area contributed by atoms with E-state index in [1.807, 2.05) is 12.1 Å². The Bertz CT molecular complexity index is 194. The van der Waals surface area contributed by atoms with E-state index in [4.69, 9.17) is 0 Å². The molecule has 13 heavy (non-hydrogen) atoms. The van der Waals surface area contributed by atoms with Crippen LogP contribution in [0.15, 0.2) is 24.3 Å². The second kappa shape index (κ2) is 8.58. The topological polar surface area (TPSA) is 0 Å². The first-order valence-corrected chi connectivity index (χ1v) is 4.88. The normalized spacial score (nSPS) is 9.31. The zero-order valence-corrected chi connectivity index (χ0v) is 7.84. The number of aryl methyl sites for hydroxylation is 1. The summed E-state index contributed by atoms with van der Waals surface area (Å²) < 4.78 is 0. The van der Waals surface area contributed by atoms with Crippen molar-refractivity contribution in [2.75, 3.05) is 0 Å². The quantitative estimate of drug-likeness (QED) is 0.491. The highest BCUT2D eigenvalue weighted by molar-refractivity contribution is 5.75. The Hall–Kier alpha value is -0.0138. The van der Waals surface area contributed by atoms with Gasteiger partial charge in [0, 0.05) is 0 Å². The van der Waals surface area contributed by atoms with Crippen LogP contribution in [-0.4, -0.2) is 23.1 Å². The highest BCUT2D eigenvalue weighted by Gasteiger charge is 1.90. The van der Waals surface area contributed by atoms with Crippen LogP contribution >= 0.6 is 0 Å². The van der Waals surface area contributed by atoms with Gasteiger partial charge in [-0.05, 0) is 24.5 Å². The fourth-order valence-corrected chi connectivity index (χ4v) is 1.34. The molecular weight excluding hydrogens is 168 g/mol. The highest BCUT2D eigenvalue weighted by atomic mass is 24.3. The van der Waals surface area contributed by atoms with E-state index in [0.29, 0.717) is 0 Å². The van der Waals surface area contributed by atoms with E-state index in [2.05, 4.69) is 25.1 Å². The average molecular weight is 188 g/mol. The van der Waals surface area contributed by atoms with E-state index >= 15 is 0 Å². The monoisotopic (exact) mass is 187 g/mol. The van der Waals surface area contributed by atoms with Gasteiger partial charge in [0.05, 0.1) is 0 Å². The molecule has 0 unspecified atom stereocenters. The average Bonchev–Trinajstić information content (AvgIpc) is 2.14. The molecular formula is C12H19Mg. The molecule has 0 aromatic heterocycles. The van der Waals surface area contributed by atoms with Crippen molar-refractivity contribution >= 4 is 23.1 Å². The van der Waals surface area contributed by atoms with Crippen LogP contribution < -0.4 is 0 Å². The maximum Gasteiger partial charge on any atom is 0.316 e. The van der Waals surface area contributed by atoms with Gasteiger partial charge in [-0.3, -0.25) is 0 Å². The van der Waals surface area contributed by atoms with Crippen molar-refractivity contribution in [1.29, 1.82) is 0 Å². The lowest BCUT2D eigenvalue weighted by atomic mass is 10.1. The maximum absolute atomic E-state index is 3.03. The molecule has 0 spiro atoms. The van der Waals surface area contributed by atoms with Crippen LogP contribution in [0.3, 0.4) is 0 Å². The molecule has 1 aromatic carbocycles. The van der Waals surface area contributed by atoms with Gasteiger partial charge in [0.1, 0.15) is 0 Å². The van der Waals surface area contributed by atoms with Crippen molar-refractivity contribution in [3.8, 4) is 0 Å². The van der Waals surface area contributed by atoms with E-state index in [0.717, 1.165) is 0 Å². The molecule has 0 aliphatic heterocycles. The van der Waals surface area contributed by atoms with Crippen molar-refractivity contribution < 1.29 is 0 Å². The summed E-state index contributed by atoms with van der Waals surface area (Å²) in [5.74, 6) is 0. The molecule has 1 heteroatoms. The fraction of sp³-hybridized carbons (Fsp3) is 0.500. The minimum Gasteiger partial charge on any atom is -0.0654 e. The summed E-state index contributed by atoms with van der Waals surface area (Å²) in [5.41, 5.74) is 1.45. The third kappa shape index (κ3) is 6.11. The summed E-state index contributed by atoms with van der Waals surface area (Å²) in [6.45, 7) is 2.25. The zero-order valence-electron chi connectivity index (χ0n) is 7.84. The molecule has 0 aliphatic rings. The fourth-order valence-electron chi connectivity index (χ4n) is 1.34. The van der Waals surface area contributed by atoms with Crippen molar-refractivity contribution in [2.24, 2.45) is 0 Å². The smallest absolute Gasteiger partial charge is 0.0654 e. The van der Waals surface area contributed by atoms with Crippen molar-refractivity contribution in [1.82, 2.24) is 0 Å². The van der Waals surface area contributed by atoms with Gasteiger partial charge in [-0.1, -0.05) is 50.5 Å². The Morgan fingerprint density at radius 1 is 1.08 bits per heavy atom. The van der Waals surface area contributed by atoms with E-state index in [-0.39, 0.29) is 23.1 Å². The van der Waals surface area contributed by atoms with Gasteiger partial charge in [-0.2, -0.15) is 0 Å².